The Labute approximate surface area is 190 Å². The number of hydrogen-bond donors (Lipinski definition) is 2. The number of aromatic nitrogens is 2. The Morgan fingerprint density at radius 2 is 2.06 bits per heavy atom. The maximum Gasteiger partial charge on any atom is 0.416 e. The van der Waals surface area contributed by atoms with E-state index in [-0.39, 0.29) is 23.9 Å². The summed E-state index contributed by atoms with van der Waals surface area (Å²) in [7, 11) is 0. The standard InChI is InChI=1S/C22H20F3N5O4/c1-21(12-4-5-12)18(32)30(20(33)28-21)11-17(31)27-19-26-15-9-13(22(23,24)25)6-7-16(15)29(19)10-14-3-2-8-34-14/h2-3,6-9,12H,4-5,10-11H2,1H3,(H,28,33)(H,26,27,31)/t21-/m0/s1. The lowest BCUT2D eigenvalue weighted by Crippen LogP contribution is -2.46. The zero-order valence-electron chi connectivity index (χ0n) is 18.0. The molecule has 1 aromatic carbocycles. The molecule has 1 aliphatic carbocycles. The number of benzene rings is 1. The normalized spacial score (nSPS) is 20.8. The van der Waals surface area contributed by atoms with E-state index in [2.05, 4.69) is 15.6 Å². The van der Waals surface area contributed by atoms with Gasteiger partial charge < -0.3 is 14.3 Å². The highest BCUT2D eigenvalue weighted by atomic mass is 19.4. The molecule has 0 bridgehead atoms. The number of amides is 4. The van der Waals surface area contributed by atoms with Gasteiger partial charge >= 0.3 is 12.2 Å². The lowest BCUT2D eigenvalue weighted by Gasteiger charge is -2.20. The Hall–Kier alpha value is -3.83. The largest absolute Gasteiger partial charge is 0.467 e. The molecule has 3 aromatic rings. The van der Waals surface area contributed by atoms with Crippen LogP contribution in [0.25, 0.3) is 11.0 Å². The van der Waals surface area contributed by atoms with E-state index in [1.807, 2.05) is 0 Å². The number of imidazole rings is 1. The molecule has 0 spiro atoms. The lowest BCUT2D eigenvalue weighted by molar-refractivity contribution is -0.137. The minimum absolute atomic E-state index is 0.0213. The van der Waals surface area contributed by atoms with Crippen LogP contribution in [0.4, 0.5) is 23.9 Å². The number of hydrogen-bond acceptors (Lipinski definition) is 5. The summed E-state index contributed by atoms with van der Waals surface area (Å²) in [4.78, 5) is 42.9. The summed E-state index contributed by atoms with van der Waals surface area (Å²) in [5.41, 5.74) is -1.54. The smallest absolute Gasteiger partial charge is 0.416 e. The van der Waals surface area contributed by atoms with Gasteiger partial charge in [0.25, 0.3) is 5.91 Å². The Morgan fingerprint density at radius 3 is 2.71 bits per heavy atom. The zero-order chi connectivity index (χ0) is 24.3. The topological polar surface area (TPSA) is 109 Å². The number of imide groups is 1. The van der Waals surface area contributed by atoms with E-state index in [0.717, 1.165) is 29.9 Å². The second kappa shape index (κ2) is 7.61. The number of halogens is 3. The maximum atomic E-state index is 13.2. The SMILES string of the molecule is C[C@@]1(C2CC2)NC(=O)N(CC(=O)Nc2nc3cc(C(F)(F)F)ccc3n2Cc2ccco2)C1=O. The highest BCUT2D eigenvalue weighted by Gasteiger charge is 2.56. The van der Waals surface area contributed by atoms with E-state index >= 15 is 0 Å². The number of nitrogens with one attached hydrogen (secondary N) is 2. The Balaban J connectivity index is 1.42. The van der Waals surface area contributed by atoms with Crippen LogP contribution < -0.4 is 10.6 Å². The highest BCUT2D eigenvalue weighted by Crippen LogP contribution is 2.42. The third kappa shape index (κ3) is 3.78. The minimum Gasteiger partial charge on any atom is -0.467 e. The summed E-state index contributed by atoms with van der Waals surface area (Å²) in [6.07, 6.45) is -1.47. The van der Waals surface area contributed by atoms with Gasteiger partial charge in [0.2, 0.25) is 11.9 Å². The first-order valence-electron chi connectivity index (χ1n) is 10.6. The molecule has 2 fully saturated rings. The quantitative estimate of drug-likeness (QED) is 0.532. The molecular formula is C22H20F3N5O4. The monoisotopic (exact) mass is 475 g/mol. The molecule has 12 heteroatoms. The fourth-order valence-electron chi connectivity index (χ4n) is 4.22. The van der Waals surface area contributed by atoms with E-state index in [1.54, 1.807) is 19.1 Å². The molecule has 1 saturated carbocycles. The lowest BCUT2D eigenvalue weighted by atomic mass is 9.96. The van der Waals surface area contributed by atoms with Crippen LogP contribution in [-0.2, 0) is 22.3 Å². The third-order valence-electron chi connectivity index (χ3n) is 6.22. The Morgan fingerprint density at radius 1 is 1.29 bits per heavy atom. The van der Waals surface area contributed by atoms with Crippen molar-refractivity contribution in [1.82, 2.24) is 19.8 Å². The van der Waals surface area contributed by atoms with Crippen molar-refractivity contribution >= 4 is 34.8 Å². The number of urea groups is 1. The van der Waals surface area contributed by atoms with Crippen LogP contribution in [0.15, 0.2) is 41.0 Å². The number of carbonyl (C=O) groups excluding carboxylic acids is 3. The van der Waals surface area contributed by atoms with Crippen LogP contribution in [0.5, 0.6) is 0 Å². The third-order valence-corrected chi connectivity index (χ3v) is 6.22. The van der Waals surface area contributed by atoms with Crippen LogP contribution in [0.1, 0.15) is 31.1 Å². The molecule has 1 aliphatic heterocycles. The van der Waals surface area contributed by atoms with Gasteiger partial charge in [-0.1, -0.05) is 0 Å². The van der Waals surface area contributed by atoms with Crippen molar-refractivity contribution in [2.75, 3.05) is 11.9 Å². The minimum atomic E-state index is -4.56. The number of carbonyl (C=O) groups is 3. The van der Waals surface area contributed by atoms with Crippen LogP contribution in [-0.4, -0.2) is 44.4 Å². The average Bonchev–Trinajstić information content (AvgIpc) is 3.35. The molecular weight excluding hydrogens is 455 g/mol. The van der Waals surface area contributed by atoms with Gasteiger partial charge in [-0.25, -0.2) is 9.78 Å². The van der Waals surface area contributed by atoms with E-state index in [1.165, 1.54) is 16.9 Å². The number of anilines is 1. The van der Waals surface area contributed by atoms with Crippen molar-refractivity contribution in [1.29, 1.82) is 0 Å². The fourth-order valence-corrected chi connectivity index (χ4v) is 4.22. The Kier molecular flexibility index (Phi) is 4.92. The molecule has 0 unspecified atom stereocenters. The number of nitrogens with zero attached hydrogens (tertiary/aromatic N) is 3. The van der Waals surface area contributed by atoms with E-state index < -0.39 is 41.7 Å². The van der Waals surface area contributed by atoms with Gasteiger partial charge in [0, 0.05) is 0 Å². The average molecular weight is 475 g/mol. The molecule has 2 aliphatic rings. The van der Waals surface area contributed by atoms with E-state index in [0.29, 0.717) is 11.3 Å². The second-order valence-corrected chi connectivity index (χ2v) is 8.65. The van der Waals surface area contributed by atoms with Crippen LogP contribution >= 0.6 is 0 Å². The van der Waals surface area contributed by atoms with Crippen molar-refractivity contribution in [3.63, 3.8) is 0 Å². The molecule has 1 saturated heterocycles. The molecule has 9 nitrogen and oxygen atoms in total. The first-order valence-corrected chi connectivity index (χ1v) is 10.6. The van der Waals surface area contributed by atoms with Crippen LogP contribution in [0, 0.1) is 5.92 Å². The van der Waals surface area contributed by atoms with Gasteiger partial charge in [0.1, 0.15) is 17.8 Å². The van der Waals surface area contributed by atoms with Crippen molar-refractivity contribution in [2.45, 2.75) is 38.0 Å². The van der Waals surface area contributed by atoms with E-state index in [9.17, 15) is 27.6 Å². The van der Waals surface area contributed by atoms with E-state index in [4.69, 9.17) is 4.42 Å². The van der Waals surface area contributed by atoms with Crippen LogP contribution in [0.3, 0.4) is 0 Å². The zero-order valence-corrected chi connectivity index (χ0v) is 18.0. The molecule has 1 atom stereocenters. The predicted molar refractivity (Wildman–Crippen MR) is 113 cm³/mol. The van der Waals surface area contributed by atoms with Crippen molar-refractivity contribution in [2.24, 2.45) is 5.92 Å². The fraction of sp³-hybridized carbons (Fsp3) is 0.364. The molecule has 2 aromatic heterocycles. The Bertz CT molecular complexity index is 1300. The number of rotatable bonds is 6. The molecule has 3 heterocycles. The summed E-state index contributed by atoms with van der Waals surface area (Å²) in [6.45, 7) is 1.18. The second-order valence-electron chi connectivity index (χ2n) is 8.65. The predicted octanol–water partition coefficient (Wildman–Crippen LogP) is 3.36. The van der Waals surface area contributed by atoms with Gasteiger partial charge in [-0.15, -0.1) is 0 Å². The van der Waals surface area contributed by atoms with Gasteiger partial charge in [0.15, 0.2) is 0 Å². The summed E-state index contributed by atoms with van der Waals surface area (Å²) in [6, 6.07) is 5.76. The van der Waals surface area contributed by atoms with Gasteiger partial charge in [-0.2, -0.15) is 13.2 Å². The molecule has 34 heavy (non-hydrogen) atoms. The summed E-state index contributed by atoms with van der Waals surface area (Å²) in [5.74, 6) is -0.696. The molecule has 4 amide bonds. The first kappa shape index (κ1) is 22.0. The highest BCUT2D eigenvalue weighted by molar-refractivity contribution is 6.10. The number of fused-ring (bicyclic) bond motifs is 1. The number of alkyl halides is 3. The molecule has 5 rings (SSSR count). The van der Waals surface area contributed by atoms with Gasteiger partial charge in [-0.3, -0.25) is 19.8 Å². The molecule has 0 radical (unpaired) electrons. The summed E-state index contributed by atoms with van der Waals surface area (Å²) >= 11 is 0. The number of furan rings is 1. The van der Waals surface area contributed by atoms with Crippen molar-refractivity contribution in [3.05, 3.63) is 47.9 Å². The van der Waals surface area contributed by atoms with Gasteiger partial charge in [-0.05, 0) is 56.0 Å². The van der Waals surface area contributed by atoms with Crippen molar-refractivity contribution in [3.8, 4) is 0 Å². The maximum absolute atomic E-state index is 13.2. The molecule has 2 N–H and O–H groups in total. The van der Waals surface area contributed by atoms with Gasteiger partial charge in [0.05, 0.1) is 29.4 Å². The first-order chi connectivity index (χ1) is 16.1. The van der Waals surface area contributed by atoms with Crippen molar-refractivity contribution < 1.29 is 32.0 Å². The summed E-state index contributed by atoms with van der Waals surface area (Å²) in [5, 5.41) is 5.19. The summed E-state index contributed by atoms with van der Waals surface area (Å²) < 4.78 is 46.3. The van der Waals surface area contributed by atoms with Crippen LogP contribution in [0.2, 0.25) is 0 Å². The molecule has 178 valence electrons.